The second kappa shape index (κ2) is 6.21. The Morgan fingerprint density at radius 1 is 1.07 bits per heavy atom. The van der Waals surface area contributed by atoms with Crippen molar-refractivity contribution in [3.8, 4) is 5.75 Å². The first-order valence-electron chi connectivity index (χ1n) is 8.20. The van der Waals surface area contributed by atoms with Crippen LogP contribution in [0.5, 0.6) is 5.75 Å². The maximum Gasteiger partial charge on any atom is 0.336 e. The zero-order chi connectivity index (χ0) is 19.1. The molecule has 0 fully saturated rings. The molecular weight excluding hydrogens is 348 g/mol. The number of Topliss-reactive ketones (excluding diaryl/α,β-unsaturated/α-hetero) is 1. The standard InChI is InChI=1S/C20H14N2O5/c1-11-10-16(24)27-19-14(11)8-9-15-17(19)18(25)20(26-15)21-22(12(2)23)13-6-4-3-5-7-13/h3-10H,1-2H3. The highest BCUT2D eigenvalue weighted by molar-refractivity contribution is 6.48. The highest BCUT2D eigenvalue weighted by Crippen LogP contribution is 2.34. The van der Waals surface area contributed by atoms with E-state index in [2.05, 4.69) is 5.10 Å². The molecule has 0 spiro atoms. The van der Waals surface area contributed by atoms with Gasteiger partial charge < -0.3 is 9.15 Å². The van der Waals surface area contributed by atoms with Crippen LogP contribution in [0, 0.1) is 6.92 Å². The van der Waals surface area contributed by atoms with Gasteiger partial charge >= 0.3 is 5.63 Å². The van der Waals surface area contributed by atoms with E-state index in [4.69, 9.17) is 9.15 Å². The molecule has 0 atom stereocenters. The molecule has 27 heavy (non-hydrogen) atoms. The van der Waals surface area contributed by atoms with Crippen LogP contribution >= 0.6 is 0 Å². The number of fused-ring (bicyclic) bond motifs is 3. The van der Waals surface area contributed by atoms with E-state index in [-0.39, 0.29) is 28.7 Å². The fraction of sp³-hybridized carbons (Fsp3) is 0.100. The van der Waals surface area contributed by atoms with E-state index in [1.54, 1.807) is 49.4 Å². The van der Waals surface area contributed by atoms with Crippen LogP contribution in [0.2, 0.25) is 0 Å². The molecule has 1 aliphatic heterocycles. The van der Waals surface area contributed by atoms with Gasteiger partial charge in [0.05, 0.1) is 5.69 Å². The molecule has 2 heterocycles. The topological polar surface area (TPSA) is 89.2 Å². The van der Waals surface area contributed by atoms with E-state index < -0.39 is 11.4 Å². The van der Waals surface area contributed by atoms with Gasteiger partial charge in [-0.3, -0.25) is 9.59 Å². The van der Waals surface area contributed by atoms with Crippen LogP contribution in [-0.4, -0.2) is 17.6 Å². The summed E-state index contributed by atoms with van der Waals surface area (Å²) in [5.74, 6) is -0.961. The molecule has 3 aromatic rings. The maximum absolute atomic E-state index is 12.9. The molecule has 0 bridgehead atoms. The predicted molar refractivity (Wildman–Crippen MR) is 99.2 cm³/mol. The van der Waals surface area contributed by atoms with Gasteiger partial charge in [-0.25, -0.2) is 4.79 Å². The van der Waals surface area contributed by atoms with Crippen LogP contribution in [0.25, 0.3) is 11.0 Å². The number of carbonyl (C=O) groups excluding carboxylic acids is 2. The van der Waals surface area contributed by atoms with Gasteiger partial charge in [-0.1, -0.05) is 18.2 Å². The Bertz CT molecular complexity index is 1180. The Kier molecular flexibility index (Phi) is 3.84. The summed E-state index contributed by atoms with van der Waals surface area (Å²) in [5, 5.41) is 5.82. The lowest BCUT2D eigenvalue weighted by Gasteiger charge is -2.14. The monoisotopic (exact) mass is 362 g/mol. The van der Waals surface area contributed by atoms with Crippen molar-refractivity contribution < 1.29 is 18.7 Å². The molecule has 0 unspecified atom stereocenters. The van der Waals surface area contributed by atoms with E-state index in [1.807, 2.05) is 0 Å². The normalized spacial score (nSPS) is 14.3. The summed E-state index contributed by atoms with van der Waals surface area (Å²) in [5.41, 5.74) is 0.917. The van der Waals surface area contributed by atoms with Crippen LogP contribution in [0.15, 0.2) is 62.8 Å². The number of rotatable bonds is 2. The summed E-state index contributed by atoms with van der Waals surface area (Å²) >= 11 is 0. The zero-order valence-electron chi connectivity index (χ0n) is 14.6. The predicted octanol–water partition coefficient (Wildman–Crippen LogP) is 3.04. The maximum atomic E-state index is 12.9. The third-order valence-corrected chi connectivity index (χ3v) is 4.20. The molecule has 1 aromatic heterocycles. The number of carbonyl (C=O) groups is 2. The first kappa shape index (κ1) is 16.7. The van der Waals surface area contributed by atoms with Crippen molar-refractivity contribution in [1.82, 2.24) is 0 Å². The van der Waals surface area contributed by atoms with E-state index in [0.717, 1.165) is 5.01 Å². The van der Waals surface area contributed by atoms with Gasteiger partial charge in [-0.05, 0) is 36.8 Å². The first-order valence-corrected chi connectivity index (χ1v) is 8.20. The van der Waals surface area contributed by atoms with Crippen LogP contribution in [0.4, 0.5) is 5.69 Å². The van der Waals surface area contributed by atoms with Gasteiger partial charge in [0.1, 0.15) is 11.3 Å². The molecule has 2 aromatic carbocycles. The Balaban J connectivity index is 1.84. The van der Waals surface area contributed by atoms with E-state index in [9.17, 15) is 14.4 Å². The van der Waals surface area contributed by atoms with Crippen molar-refractivity contribution in [3.63, 3.8) is 0 Å². The number of aryl methyl sites for hydroxylation is 1. The Hall–Kier alpha value is -3.74. The van der Waals surface area contributed by atoms with Gasteiger partial charge in [0.2, 0.25) is 5.91 Å². The van der Waals surface area contributed by atoms with Gasteiger partial charge in [-0.15, -0.1) is 5.10 Å². The van der Waals surface area contributed by atoms with Crippen LogP contribution in [0.3, 0.4) is 0 Å². The van der Waals surface area contributed by atoms with E-state index >= 15 is 0 Å². The SMILES string of the molecule is CC(=O)N(N=C1Oc2ccc3c(C)cc(=O)oc3c2C1=O)c1ccccc1. The Morgan fingerprint density at radius 3 is 2.52 bits per heavy atom. The average Bonchev–Trinajstić information content (AvgIpc) is 2.96. The average molecular weight is 362 g/mol. The molecule has 4 rings (SSSR count). The Morgan fingerprint density at radius 2 is 1.81 bits per heavy atom. The third kappa shape index (κ3) is 2.79. The number of para-hydroxylation sites is 1. The van der Waals surface area contributed by atoms with Crippen molar-refractivity contribution >= 4 is 34.2 Å². The van der Waals surface area contributed by atoms with E-state index in [0.29, 0.717) is 16.6 Å². The number of hydrogen-bond donors (Lipinski definition) is 0. The number of nitrogens with zero attached hydrogens (tertiary/aromatic N) is 2. The van der Waals surface area contributed by atoms with Gasteiger partial charge in [0.25, 0.3) is 11.7 Å². The molecule has 0 saturated carbocycles. The van der Waals surface area contributed by atoms with Gasteiger partial charge in [0, 0.05) is 18.4 Å². The highest BCUT2D eigenvalue weighted by Gasteiger charge is 2.34. The number of benzene rings is 2. The fourth-order valence-electron chi connectivity index (χ4n) is 2.96. The summed E-state index contributed by atoms with van der Waals surface area (Å²) in [7, 11) is 0. The largest absolute Gasteiger partial charge is 0.434 e. The van der Waals surface area contributed by atoms with Crippen LogP contribution < -0.4 is 15.4 Å². The molecule has 0 saturated heterocycles. The molecule has 0 N–H and O–H groups in total. The van der Waals surface area contributed by atoms with Crippen molar-refractivity contribution in [2.75, 3.05) is 5.01 Å². The lowest BCUT2D eigenvalue weighted by Crippen LogP contribution is -2.27. The second-order valence-electron chi connectivity index (χ2n) is 6.07. The fourth-order valence-corrected chi connectivity index (χ4v) is 2.96. The molecule has 0 radical (unpaired) electrons. The molecular formula is C20H14N2O5. The summed E-state index contributed by atoms with van der Waals surface area (Å²) in [4.78, 5) is 36.6. The molecule has 7 heteroatoms. The Labute approximate surface area is 153 Å². The summed E-state index contributed by atoms with van der Waals surface area (Å²) < 4.78 is 10.8. The van der Waals surface area contributed by atoms with Crippen molar-refractivity contribution in [2.45, 2.75) is 13.8 Å². The lowest BCUT2D eigenvalue weighted by atomic mass is 10.0. The highest BCUT2D eigenvalue weighted by atomic mass is 16.5. The van der Waals surface area contributed by atoms with Crippen LogP contribution in [0.1, 0.15) is 22.8 Å². The minimum Gasteiger partial charge on any atom is -0.434 e. The summed E-state index contributed by atoms with van der Waals surface area (Å²) in [6, 6.07) is 13.4. The van der Waals surface area contributed by atoms with Crippen molar-refractivity contribution in [3.05, 3.63) is 70.1 Å². The lowest BCUT2D eigenvalue weighted by molar-refractivity contribution is -0.116. The summed E-state index contributed by atoms with van der Waals surface area (Å²) in [6.45, 7) is 3.09. The third-order valence-electron chi connectivity index (χ3n) is 4.20. The molecule has 134 valence electrons. The number of ketones is 1. The molecule has 1 aliphatic rings. The number of ether oxygens (including phenoxy) is 1. The van der Waals surface area contributed by atoms with Crippen molar-refractivity contribution in [2.24, 2.45) is 5.10 Å². The quantitative estimate of drug-likeness (QED) is 0.516. The molecule has 1 amide bonds. The smallest absolute Gasteiger partial charge is 0.336 e. The number of hydrogen-bond acceptors (Lipinski definition) is 6. The number of amides is 1. The van der Waals surface area contributed by atoms with Crippen LogP contribution in [-0.2, 0) is 4.79 Å². The van der Waals surface area contributed by atoms with Gasteiger partial charge in [0.15, 0.2) is 5.58 Å². The van der Waals surface area contributed by atoms with E-state index in [1.165, 1.54) is 13.0 Å². The number of hydrazone groups is 1. The summed E-state index contributed by atoms with van der Waals surface area (Å²) in [6.07, 6.45) is 0. The second-order valence-corrected chi connectivity index (χ2v) is 6.07. The zero-order valence-corrected chi connectivity index (χ0v) is 14.6. The molecule has 7 nitrogen and oxygen atoms in total. The van der Waals surface area contributed by atoms with Crippen molar-refractivity contribution in [1.29, 1.82) is 0 Å². The molecule has 0 aliphatic carbocycles. The minimum atomic E-state index is -0.554. The minimum absolute atomic E-state index is 0.128. The van der Waals surface area contributed by atoms with Gasteiger partial charge in [-0.2, -0.15) is 5.01 Å². The first-order chi connectivity index (χ1) is 13.0. The number of anilines is 1.